The molecule has 2 nitrogen and oxygen atoms in total. The van der Waals surface area contributed by atoms with Crippen molar-refractivity contribution in [2.75, 3.05) is 0 Å². The fraction of sp³-hybridized carbons (Fsp3) is 0.500. The molecule has 2 rings (SSSR count). The summed E-state index contributed by atoms with van der Waals surface area (Å²) in [7, 11) is 0. The van der Waals surface area contributed by atoms with Crippen LogP contribution in [0.2, 0.25) is 0 Å². The SMILES string of the molecule is CC1(Oc2ccc(CC#N)cc2)CCCC1. The highest BCUT2D eigenvalue weighted by Crippen LogP contribution is 2.33. The van der Waals surface area contributed by atoms with E-state index in [1.165, 1.54) is 12.8 Å². The summed E-state index contributed by atoms with van der Waals surface area (Å²) in [5.41, 5.74) is 1.07. The van der Waals surface area contributed by atoms with E-state index in [1.54, 1.807) is 0 Å². The first-order chi connectivity index (χ1) is 7.72. The minimum Gasteiger partial charge on any atom is -0.488 e. The Morgan fingerprint density at radius 1 is 1.25 bits per heavy atom. The van der Waals surface area contributed by atoms with Crippen molar-refractivity contribution in [3.8, 4) is 11.8 Å². The minimum absolute atomic E-state index is 0.0245. The monoisotopic (exact) mass is 215 g/mol. The lowest BCUT2D eigenvalue weighted by Gasteiger charge is -2.25. The zero-order valence-corrected chi connectivity index (χ0v) is 9.70. The standard InChI is InChI=1S/C14H17NO/c1-14(9-2-3-10-14)16-13-6-4-12(5-7-13)8-11-15/h4-7H,2-3,8-10H2,1H3. The van der Waals surface area contributed by atoms with Gasteiger partial charge in [0.25, 0.3) is 0 Å². The van der Waals surface area contributed by atoms with Crippen molar-refractivity contribution in [2.45, 2.75) is 44.6 Å². The molecule has 1 saturated carbocycles. The van der Waals surface area contributed by atoms with Crippen LogP contribution in [0, 0.1) is 11.3 Å². The average molecular weight is 215 g/mol. The number of benzene rings is 1. The van der Waals surface area contributed by atoms with Crippen molar-refractivity contribution in [2.24, 2.45) is 0 Å². The van der Waals surface area contributed by atoms with Gasteiger partial charge in [-0.15, -0.1) is 0 Å². The summed E-state index contributed by atoms with van der Waals surface area (Å²) in [6.45, 7) is 2.18. The van der Waals surface area contributed by atoms with Crippen LogP contribution in [0.1, 0.15) is 38.2 Å². The molecule has 0 aromatic heterocycles. The second-order valence-corrected chi connectivity index (χ2v) is 4.74. The van der Waals surface area contributed by atoms with Crippen LogP contribution in [-0.4, -0.2) is 5.60 Å². The van der Waals surface area contributed by atoms with Crippen molar-refractivity contribution in [3.05, 3.63) is 29.8 Å². The molecule has 0 radical (unpaired) electrons. The highest BCUT2D eigenvalue weighted by atomic mass is 16.5. The van der Waals surface area contributed by atoms with Gasteiger partial charge in [0.05, 0.1) is 12.5 Å². The molecule has 1 aliphatic rings. The molecule has 2 heteroatoms. The predicted octanol–water partition coefficient (Wildman–Crippen LogP) is 3.46. The van der Waals surface area contributed by atoms with E-state index >= 15 is 0 Å². The lowest BCUT2D eigenvalue weighted by molar-refractivity contribution is 0.0968. The van der Waals surface area contributed by atoms with Gasteiger partial charge in [0.1, 0.15) is 11.4 Å². The molecule has 1 aliphatic carbocycles. The normalized spacial score (nSPS) is 18.0. The number of rotatable bonds is 3. The smallest absolute Gasteiger partial charge is 0.120 e. The van der Waals surface area contributed by atoms with Gasteiger partial charge in [0.2, 0.25) is 0 Å². The molecule has 0 unspecified atom stereocenters. The molecule has 0 amide bonds. The topological polar surface area (TPSA) is 33.0 Å². The number of ether oxygens (including phenoxy) is 1. The van der Waals surface area contributed by atoms with Gasteiger partial charge >= 0.3 is 0 Å². The zero-order chi connectivity index (χ0) is 11.4. The first kappa shape index (κ1) is 11.0. The maximum Gasteiger partial charge on any atom is 0.120 e. The van der Waals surface area contributed by atoms with E-state index in [1.807, 2.05) is 24.3 Å². The van der Waals surface area contributed by atoms with Crippen LogP contribution in [-0.2, 0) is 6.42 Å². The Morgan fingerprint density at radius 3 is 2.44 bits per heavy atom. The van der Waals surface area contributed by atoms with Gasteiger partial charge in [0.15, 0.2) is 0 Å². The summed E-state index contributed by atoms with van der Waals surface area (Å²) in [5.74, 6) is 0.922. The molecule has 0 atom stereocenters. The van der Waals surface area contributed by atoms with Crippen LogP contribution in [0.4, 0.5) is 0 Å². The van der Waals surface area contributed by atoms with E-state index < -0.39 is 0 Å². The van der Waals surface area contributed by atoms with Crippen LogP contribution in [0.3, 0.4) is 0 Å². The third kappa shape index (κ3) is 2.55. The average Bonchev–Trinajstić information content (AvgIpc) is 2.68. The Balaban J connectivity index is 2.02. The van der Waals surface area contributed by atoms with Crippen LogP contribution in [0.25, 0.3) is 0 Å². The molecule has 0 bridgehead atoms. The van der Waals surface area contributed by atoms with Gasteiger partial charge in [-0.2, -0.15) is 5.26 Å². The molecule has 0 spiro atoms. The third-order valence-corrected chi connectivity index (χ3v) is 3.23. The van der Waals surface area contributed by atoms with Crippen molar-refractivity contribution < 1.29 is 4.74 Å². The fourth-order valence-corrected chi connectivity index (χ4v) is 2.28. The first-order valence-corrected chi connectivity index (χ1v) is 5.87. The van der Waals surface area contributed by atoms with E-state index in [0.29, 0.717) is 6.42 Å². The maximum atomic E-state index is 8.58. The lowest BCUT2D eigenvalue weighted by Crippen LogP contribution is -2.27. The molecular formula is C14H17NO. The lowest BCUT2D eigenvalue weighted by atomic mass is 10.1. The van der Waals surface area contributed by atoms with Gasteiger partial charge < -0.3 is 4.74 Å². The second-order valence-electron chi connectivity index (χ2n) is 4.74. The summed E-state index contributed by atoms with van der Waals surface area (Å²) < 4.78 is 6.01. The predicted molar refractivity (Wildman–Crippen MR) is 63.3 cm³/mol. The Hall–Kier alpha value is -1.49. The van der Waals surface area contributed by atoms with Gasteiger partial charge in [-0.1, -0.05) is 12.1 Å². The van der Waals surface area contributed by atoms with Crippen LogP contribution >= 0.6 is 0 Å². The Bertz CT molecular complexity index is 382. The Morgan fingerprint density at radius 2 is 1.88 bits per heavy atom. The first-order valence-electron chi connectivity index (χ1n) is 5.87. The van der Waals surface area contributed by atoms with Crippen molar-refractivity contribution in [1.29, 1.82) is 5.26 Å². The summed E-state index contributed by atoms with van der Waals surface area (Å²) >= 11 is 0. The highest BCUT2D eigenvalue weighted by Gasteiger charge is 2.30. The van der Waals surface area contributed by atoms with Gasteiger partial charge in [0, 0.05) is 0 Å². The molecule has 0 saturated heterocycles. The molecule has 1 aromatic rings. The van der Waals surface area contributed by atoms with Crippen molar-refractivity contribution >= 4 is 0 Å². The van der Waals surface area contributed by atoms with E-state index in [4.69, 9.17) is 10.00 Å². The Labute approximate surface area is 96.9 Å². The van der Waals surface area contributed by atoms with Crippen molar-refractivity contribution in [3.63, 3.8) is 0 Å². The van der Waals surface area contributed by atoms with Crippen LogP contribution in [0.5, 0.6) is 5.75 Å². The van der Waals surface area contributed by atoms with Gasteiger partial charge in [-0.05, 0) is 50.3 Å². The Kier molecular flexibility index (Phi) is 3.14. The molecule has 0 heterocycles. The fourth-order valence-electron chi connectivity index (χ4n) is 2.28. The maximum absolute atomic E-state index is 8.58. The highest BCUT2D eigenvalue weighted by molar-refractivity contribution is 5.29. The number of hydrogen-bond donors (Lipinski definition) is 0. The second kappa shape index (κ2) is 4.57. The summed E-state index contributed by atoms with van der Waals surface area (Å²) in [6.07, 6.45) is 5.30. The summed E-state index contributed by atoms with van der Waals surface area (Å²) in [5, 5.41) is 8.58. The van der Waals surface area contributed by atoms with Gasteiger partial charge in [-0.25, -0.2) is 0 Å². The van der Waals surface area contributed by atoms with E-state index in [2.05, 4.69) is 13.0 Å². The molecule has 16 heavy (non-hydrogen) atoms. The molecule has 0 aliphatic heterocycles. The quantitative estimate of drug-likeness (QED) is 0.773. The molecular weight excluding hydrogens is 198 g/mol. The largest absolute Gasteiger partial charge is 0.488 e. The van der Waals surface area contributed by atoms with Crippen molar-refractivity contribution in [1.82, 2.24) is 0 Å². The summed E-state index contributed by atoms with van der Waals surface area (Å²) in [4.78, 5) is 0. The third-order valence-electron chi connectivity index (χ3n) is 3.23. The van der Waals surface area contributed by atoms with E-state index in [-0.39, 0.29) is 5.60 Å². The number of nitriles is 1. The molecule has 1 aromatic carbocycles. The zero-order valence-electron chi connectivity index (χ0n) is 9.70. The molecule has 1 fully saturated rings. The van der Waals surface area contributed by atoms with Crippen LogP contribution < -0.4 is 4.74 Å². The molecule has 84 valence electrons. The van der Waals surface area contributed by atoms with Crippen LogP contribution in [0.15, 0.2) is 24.3 Å². The molecule has 0 N–H and O–H groups in total. The number of hydrogen-bond acceptors (Lipinski definition) is 2. The van der Waals surface area contributed by atoms with E-state index in [0.717, 1.165) is 24.2 Å². The summed E-state index contributed by atoms with van der Waals surface area (Å²) in [6, 6.07) is 10.0. The number of nitrogens with zero attached hydrogens (tertiary/aromatic N) is 1. The van der Waals surface area contributed by atoms with Gasteiger partial charge in [-0.3, -0.25) is 0 Å². The minimum atomic E-state index is 0.0245. The van der Waals surface area contributed by atoms with E-state index in [9.17, 15) is 0 Å².